The van der Waals surface area contributed by atoms with E-state index in [4.69, 9.17) is 11.5 Å². The predicted octanol–water partition coefficient (Wildman–Crippen LogP) is 1.90. The van der Waals surface area contributed by atoms with Gasteiger partial charge < -0.3 is 15.7 Å². The first-order valence-corrected chi connectivity index (χ1v) is 7.33. The number of thioether (sulfide) groups is 1. The van der Waals surface area contributed by atoms with E-state index in [1.54, 1.807) is 36.0 Å². The van der Waals surface area contributed by atoms with E-state index in [-0.39, 0.29) is 18.7 Å². The summed E-state index contributed by atoms with van der Waals surface area (Å²) in [7, 11) is 0. The third kappa shape index (κ3) is 5.69. The molecular formula is C14H18N2O2S. The maximum absolute atomic E-state index is 11.8. The van der Waals surface area contributed by atoms with Crippen molar-refractivity contribution in [3.63, 3.8) is 0 Å². The van der Waals surface area contributed by atoms with Crippen LogP contribution in [-0.4, -0.2) is 35.8 Å². The van der Waals surface area contributed by atoms with Gasteiger partial charge in [0.25, 0.3) is 0 Å². The van der Waals surface area contributed by atoms with Gasteiger partial charge in [-0.3, -0.25) is 0 Å². The number of rotatable bonds is 6. The van der Waals surface area contributed by atoms with Crippen molar-refractivity contribution in [1.29, 1.82) is 0 Å². The number of anilines is 1. The lowest BCUT2D eigenvalue weighted by Gasteiger charge is -2.17. The molecule has 102 valence electrons. The van der Waals surface area contributed by atoms with Gasteiger partial charge in [-0.2, -0.15) is 11.8 Å². The lowest BCUT2D eigenvalue weighted by atomic mass is 10.2. The fraction of sp³-hybridized carbons (Fsp3) is 0.357. The van der Waals surface area contributed by atoms with Gasteiger partial charge in [0.15, 0.2) is 0 Å². The molecule has 0 aromatic heterocycles. The molecular weight excluding hydrogens is 260 g/mol. The monoisotopic (exact) mass is 278 g/mol. The molecule has 0 aliphatic carbocycles. The van der Waals surface area contributed by atoms with Gasteiger partial charge in [0.2, 0.25) is 0 Å². The van der Waals surface area contributed by atoms with Gasteiger partial charge in [0.1, 0.15) is 0 Å². The normalized spacial score (nSPS) is 11.4. The van der Waals surface area contributed by atoms with E-state index in [9.17, 15) is 4.79 Å². The lowest BCUT2D eigenvalue weighted by Crippen LogP contribution is -2.40. The Morgan fingerprint density at radius 1 is 1.58 bits per heavy atom. The molecule has 1 aromatic carbocycles. The molecule has 2 amide bonds. The number of amides is 2. The van der Waals surface area contributed by atoms with Crippen molar-refractivity contribution >= 4 is 23.5 Å². The number of hydrogen-bond donors (Lipinski definition) is 3. The summed E-state index contributed by atoms with van der Waals surface area (Å²) in [6, 6.07) is 6.76. The smallest absolute Gasteiger partial charge is 0.319 e. The second kappa shape index (κ2) is 8.46. The van der Waals surface area contributed by atoms with Crippen LogP contribution in [0.3, 0.4) is 0 Å². The third-order valence-corrected chi connectivity index (χ3v) is 3.20. The first kappa shape index (κ1) is 15.4. The van der Waals surface area contributed by atoms with Crippen molar-refractivity contribution in [2.24, 2.45) is 0 Å². The first-order valence-electron chi connectivity index (χ1n) is 5.93. The molecule has 3 N–H and O–H groups in total. The number of carbonyl (C=O) groups is 1. The van der Waals surface area contributed by atoms with Crippen LogP contribution < -0.4 is 10.6 Å². The molecule has 1 rings (SSSR count). The highest BCUT2D eigenvalue weighted by molar-refractivity contribution is 7.98. The average Bonchev–Trinajstić information content (AvgIpc) is 2.39. The number of hydrogen-bond acceptors (Lipinski definition) is 3. The molecule has 0 aliphatic heterocycles. The molecule has 0 aliphatic rings. The Balaban J connectivity index is 2.56. The van der Waals surface area contributed by atoms with E-state index in [0.29, 0.717) is 17.7 Å². The van der Waals surface area contributed by atoms with Gasteiger partial charge >= 0.3 is 6.03 Å². The van der Waals surface area contributed by atoms with Crippen LogP contribution in [0.2, 0.25) is 0 Å². The van der Waals surface area contributed by atoms with Crippen molar-refractivity contribution < 1.29 is 9.90 Å². The van der Waals surface area contributed by atoms with Gasteiger partial charge in [0, 0.05) is 29.7 Å². The Hall–Kier alpha value is -1.64. The number of benzene rings is 1. The average molecular weight is 278 g/mol. The fourth-order valence-corrected chi connectivity index (χ4v) is 2.25. The van der Waals surface area contributed by atoms with Gasteiger partial charge in [0.05, 0.1) is 0 Å². The highest BCUT2D eigenvalue weighted by atomic mass is 32.2. The molecule has 4 nitrogen and oxygen atoms in total. The minimum atomic E-state index is -0.290. The van der Waals surface area contributed by atoms with Gasteiger partial charge in [-0.15, -0.1) is 6.42 Å². The summed E-state index contributed by atoms with van der Waals surface area (Å²) < 4.78 is 0. The van der Waals surface area contributed by atoms with Crippen LogP contribution in [-0.2, 0) is 0 Å². The number of carbonyl (C=O) groups excluding carboxylic acids is 1. The molecule has 5 heteroatoms. The van der Waals surface area contributed by atoms with Crippen LogP contribution in [0.25, 0.3) is 0 Å². The van der Waals surface area contributed by atoms with Crippen molar-refractivity contribution in [1.82, 2.24) is 5.32 Å². The Morgan fingerprint density at radius 3 is 3.00 bits per heavy atom. The molecule has 0 bridgehead atoms. The number of urea groups is 1. The largest absolute Gasteiger partial charge is 0.396 e. The van der Waals surface area contributed by atoms with Crippen molar-refractivity contribution in [3.8, 4) is 12.3 Å². The molecule has 1 aromatic rings. The number of aliphatic hydroxyl groups excluding tert-OH is 1. The molecule has 0 fully saturated rings. The predicted molar refractivity (Wildman–Crippen MR) is 80.4 cm³/mol. The summed E-state index contributed by atoms with van der Waals surface area (Å²) in [6.45, 7) is 0.0537. The third-order valence-electron chi connectivity index (χ3n) is 2.47. The second-order valence-electron chi connectivity index (χ2n) is 3.99. The summed E-state index contributed by atoms with van der Waals surface area (Å²) in [6.07, 6.45) is 7.80. The lowest BCUT2D eigenvalue weighted by molar-refractivity contribution is 0.241. The molecule has 0 saturated heterocycles. The Bertz CT molecular complexity index is 451. The quantitative estimate of drug-likeness (QED) is 0.697. The van der Waals surface area contributed by atoms with E-state index in [1.807, 2.05) is 6.26 Å². The second-order valence-corrected chi connectivity index (χ2v) is 4.90. The maximum atomic E-state index is 11.8. The Morgan fingerprint density at radius 2 is 2.37 bits per heavy atom. The number of nitrogens with one attached hydrogen (secondary N) is 2. The number of aliphatic hydroxyl groups is 1. The van der Waals surface area contributed by atoms with Gasteiger partial charge in [-0.1, -0.05) is 12.0 Å². The highest BCUT2D eigenvalue weighted by Gasteiger charge is 2.11. The summed E-state index contributed by atoms with van der Waals surface area (Å²) in [5.41, 5.74) is 1.37. The fourth-order valence-electron chi connectivity index (χ4n) is 1.59. The van der Waals surface area contributed by atoms with Crippen molar-refractivity contribution in [2.75, 3.05) is 23.9 Å². The minimum Gasteiger partial charge on any atom is -0.396 e. The van der Waals surface area contributed by atoms with Gasteiger partial charge in [-0.05, 0) is 30.9 Å². The van der Waals surface area contributed by atoms with Crippen LogP contribution >= 0.6 is 11.8 Å². The van der Waals surface area contributed by atoms with E-state index < -0.39 is 0 Å². The standard InChI is InChI=1S/C14H18N2O2S/c1-3-11-5-4-6-12(9-11)15-14(18)16-13(7-8-17)10-19-2/h1,4-6,9,13,17H,7-8,10H2,2H3,(H2,15,16,18). The van der Waals surface area contributed by atoms with Crippen LogP contribution in [0.15, 0.2) is 24.3 Å². The van der Waals surface area contributed by atoms with Crippen LogP contribution in [0.4, 0.5) is 10.5 Å². The van der Waals surface area contributed by atoms with Crippen LogP contribution in [0, 0.1) is 12.3 Å². The van der Waals surface area contributed by atoms with E-state index in [2.05, 4.69) is 16.6 Å². The van der Waals surface area contributed by atoms with Crippen molar-refractivity contribution in [3.05, 3.63) is 29.8 Å². The topological polar surface area (TPSA) is 61.4 Å². The first-order chi connectivity index (χ1) is 9.19. The number of terminal acetylenes is 1. The van der Waals surface area contributed by atoms with E-state index in [0.717, 1.165) is 5.75 Å². The zero-order valence-corrected chi connectivity index (χ0v) is 11.7. The SMILES string of the molecule is C#Cc1cccc(NC(=O)NC(CCO)CSC)c1. The Labute approximate surface area is 118 Å². The van der Waals surface area contributed by atoms with E-state index in [1.165, 1.54) is 0 Å². The highest BCUT2D eigenvalue weighted by Crippen LogP contribution is 2.10. The Kier molecular flexibility index (Phi) is 6.86. The molecule has 0 spiro atoms. The van der Waals surface area contributed by atoms with Crippen molar-refractivity contribution in [2.45, 2.75) is 12.5 Å². The maximum Gasteiger partial charge on any atom is 0.319 e. The minimum absolute atomic E-state index is 0.0455. The summed E-state index contributed by atoms with van der Waals surface area (Å²) >= 11 is 1.62. The molecule has 0 heterocycles. The van der Waals surface area contributed by atoms with E-state index >= 15 is 0 Å². The molecule has 19 heavy (non-hydrogen) atoms. The molecule has 1 atom stereocenters. The van der Waals surface area contributed by atoms with Crippen LogP contribution in [0.5, 0.6) is 0 Å². The van der Waals surface area contributed by atoms with Crippen LogP contribution in [0.1, 0.15) is 12.0 Å². The zero-order valence-electron chi connectivity index (χ0n) is 10.8. The zero-order chi connectivity index (χ0) is 14.1. The molecule has 1 unspecified atom stereocenters. The van der Waals surface area contributed by atoms with Gasteiger partial charge in [-0.25, -0.2) is 4.79 Å². The summed E-state index contributed by atoms with van der Waals surface area (Å²) in [5.74, 6) is 3.28. The summed E-state index contributed by atoms with van der Waals surface area (Å²) in [4.78, 5) is 11.8. The summed E-state index contributed by atoms with van der Waals surface area (Å²) in [5, 5.41) is 14.5. The molecule has 0 saturated carbocycles. The molecule has 0 radical (unpaired) electrons.